The quantitative estimate of drug-likeness (QED) is 0.639. The van der Waals surface area contributed by atoms with Crippen molar-refractivity contribution < 1.29 is 13.3 Å². The van der Waals surface area contributed by atoms with E-state index in [2.05, 4.69) is 5.32 Å². The van der Waals surface area contributed by atoms with Gasteiger partial charge in [-0.25, -0.2) is 8.42 Å². The third-order valence-electron chi connectivity index (χ3n) is 3.50. The van der Waals surface area contributed by atoms with Crippen LogP contribution in [0.1, 0.15) is 19.3 Å². The molecule has 20 heavy (non-hydrogen) atoms. The highest BCUT2D eigenvalue weighted by atomic mass is 32.2. The van der Waals surface area contributed by atoms with Gasteiger partial charge in [0.25, 0.3) is 5.69 Å². The summed E-state index contributed by atoms with van der Waals surface area (Å²) < 4.78 is 22.9. The molecule has 0 heterocycles. The van der Waals surface area contributed by atoms with Gasteiger partial charge < -0.3 is 11.1 Å². The molecule has 0 amide bonds. The number of hydrogen-bond acceptors (Lipinski definition) is 6. The van der Waals surface area contributed by atoms with Crippen molar-refractivity contribution in [2.24, 2.45) is 5.73 Å². The van der Waals surface area contributed by atoms with E-state index in [-0.39, 0.29) is 22.7 Å². The molecule has 2 rings (SSSR count). The van der Waals surface area contributed by atoms with Gasteiger partial charge in [0, 0.05) is 24.4 Å². The van der Waals surface area contributed by atoms with Gasteiger partial charge in [0.1, 0.15) is 5.69 Å². The van der Waals surface area contributed by atoms with Crippen molar-refractivity contribution in [2.75, 3.05) is 11.6 Å². The van der Waals surface area contributed by atoms with Crippen molar-refractivity contribution in [2.45, 2.75) is 36.2 Å². The van der Waals surface area contributed by atoms with Gasteiger partial charge in [-0.1, -0.05) is 0 Å². The van der Waals surface area contributed by atoms with Crippen LogP contribution in [-0.4, -0.2) is 31.7 Å². The summed E-state index contributed by atoms with van der Waals surface area (Å²) in [4.78, 5) is 10.4. The van der Waals surface area contributed by atoms with Crippen LogP contribution in [0.3, 0.4) is 0 Å². The van der Waals surface area contributed by atoms with Gasteiger partial charge >= 0.3 is 0 Å². The molecule has 7 nitrogen and oxygen atoms in total. The van der Waals surface area contributed by atoms with Gasteiger partial charge in [0.2, 0.25) is 0 Å². The fourth-order valence-electron chi connectivity index (χ4n) is 2.38. The lowest BCUT2D eigenvalue weighted by molar-refractivity contribution is -0.384. The van der Waals surface area contributed by atoms with E-state index in [1.165, 1.54) is 12.1 Å². The van der Waals surface area contributed by atoms with Crippen LogP contribution < -0.4 is 11.1 Å². The molecule has 0 bridgehead atoms. The first-order valence-electron chi connectivity index (χ1n) is 6.29. The Labute approximate surface area is 117 Å². The molecule has 0 aliphatic heterocycles. The van der Waals surface area contributed by atoms with Crippen molar-refractivity contribution in [1.29, 1.82) is 0 Å². The second-order valence-electron chi connectivity index (χ2n) is 5.05. The minimum atomic E-state index is -3.47. The van der Waals surface area contributed by atoms with Crippen LogP contribution >= 0.6 is 0 Å². The van der Waals surface area contributed by atoms with Crippen LogP contribution in [0.4, 0.5) is 11.4 Å². The molecule has 2 atom stereocenters. The van der Waals surface area contributed by atoms with Crippen molar-refractivity contribution in [3.05, 3.63) is 28.3 Å². The Bertz CT molecular complexity index is 630. The molecule has 8 heteroatoms. The summed E-state index contributed by atoms with van der Waals surface area (Å²) in [5, 5.41) is 14.2. The summed E-state index contributed by atoms with van der Waals surface area (Å²) in [7, 11) is -3.47. The van der Waals surface area contributed by atoms with Gasteiger partial charge in [-0.15, -0.1) is 0 Å². The third kappa shape index (κ3) is 3.07. The normalized spacial score (nSPS) is 22.7. The van der Waals surface area contributed by atoms with Crippen LogP contribution in [0, 0.1) is 10.1 Å². The number of nitrogens with zero attached hydrogens (tertiary/aromatic N) is 1. The van der Waals surface area contributed by atoms with Crippen LogP contribution in [0.15, 0.2) is 23.1 Å². The molecule has 2 unspecified atom stereocenters. The molecule has 1 aromatic carbocycles. The zero-order valence-electron chi connectivity index (χ0n) is 11.1. The lowest BCUT2D eigenvalue weighted by Gasteiger charge is -2.18. The van der Waals surface area contributed by atoms with Gasteiger partial charge in [0.15, 0.2) is 9.84 Å². The van der Waals surface area contributed by atoms with E-state index < -0.39 is 14.8 Å². The third-order valence-corrected chi connectivity index (χ3v) is 4.61. The highest BCUT2D eigenvalue weighted by molar-refractivity contribution is 7.90. The van der Waals surface area contributed by atoms with Crippen LogP contribution in [0.2, 0.25) is 0 Å². The van der Waals surface area contributed by atoms with E-state index in [0.717, 1.165) is 31.6 Å². The van der Waals surface area contributed by atoms with Crippen molar-refractivity contribution >= 4 is 21.2 Å². The smallest absolute Gasteiger partial charge is 0.293 e. The van der Waals surface area contributed by atoms with Crippen LogP contribution in [0.25, 0.3) is 0 Å². The van der Waals surface area contributed by atoms with Crippen molar-refractivity contribution in [3.63, 3.8) is 0 Å². The SMILES string of the molecule is CS(=O)(=O)c1ccc(NC2CCCC2N)c([N+](=O)[O-])c1. The molecule has 1 fully saturated rings. The largest absolute Gasteiger partial charge is 0.375 e. The number of hydrogen-bond donors (Lipinski definition) is 2. The maximum absolute atomic E-state index is 11.5. The number of nitrogens with one attached hydrogen (secondary N) is 1. The maximum Gasteiger partial charge on any atom is 0.293 e. The second-order valence-corrected chi connectivity index (χ2v) is 7.07. The Morgan fingerprint density at radius 1 is 1.40 bits per heavy atom. The topological polar surface area (TPSA) is 115 Å². The summed E-state index contributed by atoms with van der Waals surface area (Å²) in [6.07, 6.45) is 3.74. The molecule has 0 radical (unpaired) electrons. The Morgan fingerprint density at radius 3 is 2.60 bits per heavy atom. The molecule has 1 aromatic rings. The number of anilines is 1. The van der Waals surface area contributed by atoms with Crippen LogP contribution in [0.5, 0.6) is 0 Å². The predicted molar refractivity (Wildman–Crippen MR) is 75.4 cm³/mol. The Balaban J connectivity index is 2.35. The van der Waals surface area contributed by atoms with Crippen molar-refractivity contribution in [1.82, 2.24) is 0 Å². The molecule has 0 saturated heterocycles. The molecule has 110 valence electrons. The molecule has 0 spiro atoms. The van der Waals surface area contributed by atoms with Crippen molar-refractivity contribution in [3.8, 4) is 0 Å². The van der Waals surface area contributed by atoms with E-state index in [1.54, 1.807) is 0 Å². The van der Waals surface area contributed by atoms with E-state index in [1.807, 2.05) is 0 Å². The summed E-state index contributed by atoms with van der Waals surface area (Å²) in [5.41, 5.74) is 5.99. The highest BCUT2D eigenvalue weighted by Crippen LogP contribution is 2.30. The lowest BCUT2D eigenvalue weighted by atomic mass is 10.1. The highest BCUT2D eigenvalue weighted by Gasteiger charge is 2.27. The number of nitro benzene ring substituents is 1. The fourth-order valence-corrected chi connectivity index (χ4v) is 3.02. The first-order chi connectivity index (χ1) is 9.29. The molecular weight excluding hydrogens is 282 g/mol. The van der Waals surface area contributed by atoms with E-state index in [9.17, 15) is 18.5 Å². The second kappa shape index (κ2) is 5.37. The first kappa shape index (κ1) is 14.7. The van der Waals surface area contributed by atoms with Crippen LogP contribution in [-0.2, 0) is 9.84 Å². The van der Waals surface area contributed by atoms with Gasteiger partial charge in [-0.2, -0.15) is 0 Å². The summed E-state index contributed by atoms with van der Waals surface area (Å²) in [5.74, 6) is 0. The van der Waals surface area contributed by atoms with Gasteiger partial charge in [0.05, 0.1) is 9.82 Å². The lowest BCUT2D eigenvalue weighted by Crippen LogP contribution is -2.35. The molecule has 3 N–H and O–H groups in total. The summed E-state index contributed by atoms with van der Waals surface area (Å²) >= 11 is 0. The average molecular weight is 299 g/mol. The Kier molecular flexibility index (Phi) is 3.96. The number of nitro groups is 1. The standard InChI is InChI=1S/C12H17N3O4S/c1-20(18,19)8-5-6-11(12(7-8)15(16)17)14-10-4-2-3-9(10)13/h5-7,9-10,14H,2-4,13H2,1H3. The number of rotatable bonds is 4. The van der Waals surface area contributed by atoms with E-state index >= 15 is 0 Å². The fraction of sp³-hybridized carbons (Fsp3) is 0.500. The predicted octanol–water partition coefficient (Wildman–Crippen LogP) is 1.29. The zero-order valence-corrected chi connectivity index (χ0v) is 11.9. The molecule has 1 saturated carbocycles. The number of benzene rings is 1. The van der Waals surface area contributed by atoms with E-state index in [0.29, 0.717) is 5.69 Å². The summed E-state index contributed by atoms with van der Waals surface area (Å²) in [6, 6.07) is 3.82. The molecule has 1 aliphatic carbocycles. The monoisotopic (exact) mass is 299 g/mol. The minimum Gasteiger partial charge on any atom is -0.375 e. The molecule has 0 aromatic heterocycles. The summed E-state index contributed by atoms with van der Waals surface area (Å²) in [6.45, 7) is 0. The molecular formula is C12H17N3O4S. The molecule has 1 aliphatic rings. The number of sulfone groups is 1. The average Bonchev–Trinajstić information content (AvgIpc) is 2.74. The minimum absolute atomic E-state index is 0.0159. The Hall–Kier alpha value is -1.67. The zero-order chi connectivity index (χ0) is 14.9. The Morgan fingerprint density at radius 2 is 2.10 bits per heavy atom. The maximum atomic E-state index is 11.5. The number of nitrogens with two attached hydrogens (primary N) is 1. The van der Waals surface area contributed by atoms with E-state index in [4.69, 9.17) is 5.73 Å². The van der Waals surface area contributed by atoms with Gasteiger partial charge in [-0.05, 0) is 31.4 Å². The van der Waals surface area contributed by atoms with Gasteiger partial charge in [-0.3, -0.25) is 10.1 Å². The first-order valence-corrected chi connectivity index (χ1v) is 8.19.